The number of aromatic carboxylic acids is 1. The van der Waals surface area contributed by atoms with Gasteiger partial charge in [-0.25, -0.2) is 4.79 Å². The van der Waals surface area contributed by atoms with Crippen molar-refractivity contribution in [1.29, 1.82) is 0 Å². The third-order valence-electron chi connectivity index (χ3n) is 2.43. The molecule has 19 heavy (non-hydrogen) atoms. The van der Waals surface area contributed by atoms with Crippen LogP contribution in [0.3, 0.4) is 0 Å². The lowest BCUT2D eigenvalue weighted by molar-refractivity contribution is -0.384. The largest absolute Gasteiger partial charge is 0.477 e. The van der Waals surface area contributed by atoms with E-state index in [0.29, 0.717) is 11.1 Å². The standard InChI is InChI=1S/C13H9NO4S/c15-13(16)12-10(6-7-19-12)5-4-9-2-1-3-11(8-9)14(17)18/h1-8H,(H,15,16)/b5-4-. The molecule has 6 heteroatoms. The Morgan fingerprint density at radius 3 is 2.79 bits per heavy atom. The summed E-state index contributed by atoms with van der Waals surface area (Å²) in [4.78, 5) is 21.3. The molecule has 5 nitrogen and oxygen atoms in total. The Morgan fingerprint density at radius 2 is 2.11 bits per heavy atom. The van der Waals surface area contributed by atoms with Gasteiger partial charge in [-0.05, 0) is 22.6 Å². The van der Waals surface area contributed by atoms with Crippen LogP contribution in [0, 0.1) is 10.1 Å². The molecular weight excluding hydrogens is 266 g/mol. The third-order valence-corrected chi connectivity index (χ3v) is 3.34. The van der Waals surface area contributed by atoms with Crippen molar-refractivity contribution in [2.45, 2.75) is 0 Å². The molecule has 1 heterocycles. The first-order valence-corrected chi connectivity index (χ1v) is 6.19. The third kappa shape index (κ3) is 3.05. The van der Waals surface area contributed by atoms with E-state index in [9.17, 15) is 14.9 Å². The van der Waals surface area contributed by atoms with Crippen LogP contribution in [0.4, 0.5) is 5.69 Å². The molecule has 0 saturated heterocycles. The molecule has 0 amide bonds. The van der Waals surface area contributed by atoms with Crippen LogP contribution in [0.5, 0.6) is 0 Å². The summed E-state index contributed by atoms with van der Waals surface area (Å²) in [6, 6.07) is 7.84. The minimum absolute atomic E-state index is 0.00549. The van der Waals surface area contributed by atoms with Crippen LogP contribution < -0.4 is 0 Å². The predicted octanol–water partition coefficient (Wildman–Crippen LogP) is 3.52. The van der Waals surface area contributed by atoms with E-state index in [1.54, 1.807) is 35.7 Å². The minimum atomic E-state index is -0.978. The number of carbonyl (C=O) groups is 1. The molecule has 0 unspecified atom stereocenters. The van der Waals surface area contributed by atoms with Crippen LogP contribution in [0.15, 0.2) is 35.7 Å². The van der Waals surface area contributed by atoms with Crippen molar-refractivity contribution >= 4 is 35.1 Å². The lowest BCUT2D eigenvalue weighted by atomic mass is 10.1. The minimum Gasteiger partial charge on any atom is -0.477 e. The van der Waals surface area contributed by atoms with E-state index in [2.05, 4.69) is 0 Å². The first kappa shape index (κ1) is 13.0. The molecule has 1 aromatic carbocycles. The second-order valence-electron chi connectivity index (χ2n) is 3.70. The summed E-state index contributed by atoms with van der Waals surface area (Å²) >= 11 is 1.14. The highest BCUT2D eigenvalue weighted by molar-refractivity contribution is 7.12. The summed E-state index contributed by atoms with van der Waals surface area (Å²) in [7, 11) is 0. The van der Waals surface area contributed by atoms with Gasteiger partial charge < -0.3 is 5.11 Å². The normalized spacial score (nSPS) is 10.7. The Balaban J connectivity index is 2.27. The fourth-order valence-corrected chi connectivity index (χ4v) is 2.28. The number of non-ortho nitro benzene ring substituents is 1. The van der Waals surface area contributed by atoms with Crippen molar-refractivity contribution in [2.75, 3.05) is 0 Å². The molecule has 0 spiro atoms. The van der Waals surface area contributed by atoms with Crippen molar-refractivity contribution in [3.05, 3.63) is 61.8 Å². The zero-order chi connectivity index (χ0) is 13.8. The molecule has 0 bridgehead atoms. The Kier molecular flexibility index (Phi) is 3.72. The molecule has 0 saturated carbocycles. The Bertz CT molecular complexity index is 660. The quantitative estimate of drug-likeness (QED) is 0.683. The van der Waals surface area contributed by atoms with Gasteiger partial charge in [-0.3, -0.25) is 10.1 Å². The van der Waals surface area contributed by atoms with E-state index in [1.165, 1.54) is 12.1 Å². The van der Waals surface area contributed by atoms with Crippen molar-refractivity contribution in [2.24, 2.45) is 0 Å². The van der Waals surface area contributed by atoms with E-state index in [1.807, 2.05) is 0 Å². The molecular formula is C13H9NO4S. The van der Waals surface area contributed by atoms with E-state index in [4.69, 9.17) is 5.11 Å². The maximum Gasteiger partial charge on any atom is 0.346 e. The van der Waals surface area contributed by atoms with Crippen LogP contribution in [0.1, 0.15) is 20.8 Å². The van der Waals surface area contributed by atoms with Gasteiger partial charge in [0.25, 0.3) is 5.69 Å². The summed E-state index contributed by atoms with van der Waals surface area (Å²) in [5, 5.41) is 21.3. The highest BCUT2D eigenvalue weighted by atomic mass is 32.1. The second-order valence-corrected chi connectivity index (χ2v) is 4.61. The van der Waals surface area contributed by atoms with Gasteiger partial charge in [0, 0.05) is 12.1 Å². The number of benzene rings is 1. The molecule has 0 aliphatic heterocycles. The molecule has 96 valence electrons. The van der Waals surface area contributed by atoms with Gasteiger partial charge in [0.15, 0.2) is 0 Å². The van der Waals surface area contributed by atoms with Gasteiger partial charge in [-0.2, -0.15) is 0 Å². The number of hydrogen-bond acceptors (Lipinski definition) is 4. The number of hydrogen-bond donors (Lipinski definition) is 1. The number of nitro benzene ring substituents is 1. The van der Waals surface area contributed by atoms with E-state index in [0.717, 1.165) is 11.3 Å². The van der Waals surface area contributed by atoms with E-state index >= 15 is 0 Å². The van der Waals surface area contributed by atoms with Gasteiger partial charge in [0.2, 0.25) is 0 Å². The summed E-state index contributed by atoms with van der Waals surface area (Å²) in [5.41, 5.74) is 1.24. The number of carboxylic acid groups (broad SMARTS) is 1. The number of nitro groups is 1. The lowest BCUT2D eigenvalue weighted by Crippen LogP contribution is -1.93. The summed E-state index contributed by atoms with van der Waals surface area (Å²) in [6.07, 6.45) is 3.29. The maximum absolute atomic E-state index is 10.9. The van der Waals surface area contributed by atoms with Gasteiger partial charge in [0.1, 0.15) is 4.88 Å². The molecule has 2 rings (SSSR count). The van der Waals surface area contributed by atoms with Gasteiger partial charge in [-0.1, -0.05) is 24.3 Å². The Labute approximate surface area is 112 Å². The molecule has 0 fully saturated rings. The van der Waals surface area contributed by atoms with Crippen LogP contribution in [-0.2, 0) is 0 Å². The Morgan fingerprint density at radius 1 is 1.32 bits per heavy atom. The van der Waals surface area contributed by atoms with E-state index < -0.39 is 10.9 Å². The number of rotatable bonds is 4. The van der Waals surface area contributed by atoms with Crippen LogP contribution >= 0.6 is 11.3 Å². The molecule has 0 aliphatic rings. The van der Waals surface area contributed by atoms with Crippen LogP contribution in [0.2, 0.25) is 0 Å². The summed E-state index contributed by atoms with van der Waals surface area (Å²) in [6.45, 7) is 0. The maximum atomic E-state index is 10.9. The molecule has 0 radical (unpaired) electrons. The first-order valence-electron chi connectivity index (χ1n) is 5.31. The average molecular weight is 275 g/mol. The number of thiophene rings is 1. The molecule has 1 N–H and O–H groups in total. The molecule has 0 aliphatic carbocycles. The SMILES string of the molecule is O=C(O)c1sccc1/C=C\c1cccc([N+](=O)[O-])c1. The summed E-state index contributed by atoms with van der Waals surface area (Å²) < 4.78 is 0. The summed E-state index contributed by atoms with van der Waals surface area (Å²) in [5.74, 6) is -0.978. The fraction of sp³-hybridized carbons (Fsp3) is 0. The van der Waals surface area contributed by atoms with Crippen LogP contribution in [-0.4, -0.2) is 16.0 Å². The first-order chi connectivity index (χ1) is 9.08. The number of carboxylic acids is 1. The van der Waals surface area contributed by atoms with Crippen LogP contribution in [0.25, 0.3) is 12.2 Å². The number of nitrogens with zero attached hydrogens (tertiary/aromatic N) is 1. The van der Waals surface area contributed by atoms with Gasteiger partial charge >= 0.3 is 5.97 Å². The zero-order valence-electron chi connectivity index (χ0n) is 9.65. The molecule has 1 aromatic heterocycles. The molecule has 2 aromatic rings. The highest BCUT2D eigenvalue weighted by Crippen LogP contribution is 2.20. The predicted molar refractivity (Wildman–Crippen MR) is 73.3 cm³/mol. The van der Waals surface area contributed by atoms with Gasteiger partial charge in [0.05, 0.1) is 4.92 Å². The van der Waals surface area contributed by atoms with Crippen molar-refractivity contribution in [3.8, 4) is 0 Å². The van der Waals surface area contributed by atoms with Gasteiger partial charge in [-0.15, -0.1) is 11.3 Å². The average Bonchev–Trinajstić information content (AvgIpc) is 2.85. The highest BCUT2D eigenvalue weighted by Gasteiger charge is 2.09. The smallest absolute Gasteiger partial charge is 0.346 e. The van der Waals surface area contributed by atoms with Crippen molar-refractivity contribution < 1.29 is 14.8 Å². The monoisotopic (exact) mass is 275 g/mol. The van der Waals surface area contributed by atoms with E-state index in [-0.39, 0.29) is 10.6 Å². The fourth-order valence-electron chi connectivity index (χ4n) is 1.55. The van der Waals surface area contributed by atoms with Crippen molar-refractivity contribution in [3.63, 3.8) is 0 Å². The van der Waals surface area contributed by atoms with Crippen molar-refractivity contribution in [1.82, 2.24) is 0 Å². The molecule has 0 atom stereocenters. The zero-order valence-corrected chi connectivity index (χ0v) is 10.5. The Hall–Kier alpha value is -2.47. The topological polar surface area (TPSA) is 80.4 Å². The lowest BCUT2D eigenvalue weighted by Gasteiger charge is -1.95. The second kappa shape index (κ2) is 5.45.